The number of aromatic nitrogens is 2. The van der Waals surface area contributed by atoms with Crippen LogP contribution in [0.4, 0.5) is 0 Å². The second-order valence-electron chi connectivity index (χ2n) is 4.98. The van der Waals surface area contributed by atoms with Crippen molar-refractivity contribution in [2.24, 2.45) is 0 Å². The van der Waals surface area contributed by atoms with Gasteiger partial charge in [0.2, 0.25) is 5.82 Å². The minimum Gasteiger partial charge on any atom is -0.228 e. The molecule has 2 nitrogen and oxygen atoms in total. The van der Waals surface area contributed by atoms with Crippen molar-refractivity contribution >= 4 is 11.6 Å². The number of benzene rings is 1. The number of hydrogen-bond donors (Lipinski definition) is 0. The number of nitrogens with zero attached hydrogens (tertiary/aromatic N) is 2. The molecule has 21 heavy (non-hydrogen) atoms. The Bertz CT molecular complexity index is 606. The zero-order chi connectivity index (χ0) is 14.9. The van der Waals surface area contributed by atoms with Gasteiger partial charge in [-0.05, 0) is 36.5 Å². The highest BCUT2D eigenvalue weighted by Gasteiger charge is 1.95. The van der Waals surface area contributed by atoms with Gasteiger partial charge in [-0.2, -0.15) is 0 Å². The molecule has 0 bridgehead atoms. The van der Waals surface area contributed by atoms with Crippen molar-refractivity contribution in [3.63, 3.8) is 0 Å². The van der Waals surface area contributed by atoms with E-state index in [0.717, 1.165) is 12.0 Å². The summed E-state index contributed by atoms with van der Waals surface area (Å²) in [6.45, 7) is 2.23. The Morgan fingerprint density at radius 3 is 2.33 bits per heavy atom. The van der Waals surface area contributed by atoms with Gasteiger partial charge in [0.1, 0.15) is 0 Å². The smallest absolute Gasteiger partial charge is 0.205 e. The Kier molecular flexibility index (Phi) is 6.24. The summed E-state index contributed by atoms with van der Waals surface area (Å²) in [6, 6.07) is 8.41. The number of aryl methyl sites for hydroxylation is 1. The van der Waals surface area contributed by atoms with Gasteiger partial charge >= 0.3 is 0 Å². The maximum absolute atomic E-state index is 5.73. The lowest BCUT2D eigenvalue weighted by atomic mass is 10.0. The molecule has 0 radical (unpaired) electrons. The predicted molar refractivity (Wildman–Crippen MR) is 87.3 cm³/mol. The molecule has 0 saturated carbocycles. The second kappa shape index (κ2) is 8.44. The maximum Gasteiger partial charge on any atom is 0.205 e. The zero-order valence-electron chi connectivity index (χ0n) is 12.3. The fourth-order valence-electron chi connectivity index (χ4n) is 2.02. The molecular weight excluding hydrogens is 280 g/mol. The molecule has 0 aliphatic heterocycles. The zero-order valence-corrected chi connectivity index (χ0v) is 13.0. The molecule has 0 spiro atoms. The lowest BCUT2D eigenvalue weighted by Gasteiger charge is -2.01. The molecule has 3 heteroatoms. The lowest BCUT2D eigenvalue weighted by Crippen LogP contribution is -1.88. The van der Waals surface area contributed by atoms with Gasteiger partial charge in [0.05, 0.1) is 17.4 Å². The van der Waals surface area contributed by atoms with Crippen LogP contribution in [0.1, 0.15) is 49.6 Å². The number of hydrogen-bond acceptors (Lipinski definition) is 2. The van der Waals surface area contributed by atoms with Crippen LogP contribution < -0.4 is 0 Å². The fourth-order valence-corrected chi connectivity index (χ4v) is 2.11. The Labute approximate surface area is 131 Å². The normalized spacial score (nSPS) is 10.0. The standard InChI is InChI=1S/C18H19ClN2/c1-2-3-4-5-6-15-7-9-16(10-8-15)11-12-18-20-13-17(19)14-21-18/h7-10,13-14H,2-6H2,1H3. The first-order chi connectivity index (χ1) is 10.3. The van der Waals surface area contributed by atoms with Gasteiger partial charge < -0.3 is 0 Å². The molecular formula is C18H19ClN2. The molecule has 1 aromatic heterocycles. The van der Waals surface area contributed by atoms with Gasteiger partial charge in [-0.15, -0.1) is 0 Å². The molecule has 108 valence electrons. The molecule has 0 aliphatic carbocycles. The monoisotopic (exact) mass is 298 g/mol. The molecule has 0 N–H and O–H groups in total. The highest BCUT2D eigenvalue weighted by Crippen LogP contribution is 2.09. The Morgan fingerprint density at radius 1 is 0.952 bits per heavy atom. The average molecular weight is 299 g/mol. The van der Waals surface area contributed by atoms with Crippen LogP contribution in [0, 0.1) is 11.8 Å². The fraction of sp³-hybridized carbons (Fsp3) is 0.333. The summed E-state index contributed by atoms with van der Waals surface area (Å²) in [5, 5.41) is 0.521. The summed E-state index contributed by atoms with van der Waals surface area (Å²) < 4.78 is 0. The molecule has 0 amide bonds. The summed E-state index contributed by atoms with van der Waals surface area (Å²) in [4.78, 5) is 8.10. The van der Waals surface area contributed by atoms with Crippen molar-refractivity contribution in [3.05, 3.63) is 58.6 Å². The molecule has 2 aromatic rings. The highest BCUT2D eigenvalue weighted by atomic mass is 35.5. The first kappa shape index (κ1) is 15.5. The van der Waals surface area contributed by atoms with E-state index in [1.54, 1.807) is 12.4 Å². The summed E-state index contributed by atoms with van der Waals surface area (Å²) >= 11 is 5.73. The van der Waals surface area contributed by atoms with Crippen LogP contribution in [-0.4, -0.2) is 9.97 Å². The topological polar surface area (TPSA) is 25.8 Å². The third kappa shape index (κ3) is 5.57. The van der Waals surface area contributed by atoms with Gasteiger partial charge in [0.25, 0.3) is 0 Å². The second-order valence-corrected chi connectivity index (χ2v) is 5.42. The van der Waals surface area contributed by atoms with E-state index in [2.05, 4.69) is 53.0 Å². The van der Waals surface area contributed by atoms with Crippen LogP contribution in [0.2, 0.25) is 5.02 Å². The molecule has 0 saturated heterocycles. The molecule has 1 aromatic carbocycles. The minimum absolute atomic E-state index is 0.489. The van der Waals surface area contributed by atoms with E-state index in [0.29, 0.717) is 10.8 Å². The highest BCUT2D eigenvalue weighted by molar-refractivity contribution is 6.30. The van der Waals surface area contributed by atoms with E-state index >= 15 is 0 Å². The summed E-state index contributed by atoms with van der Waals surface area (Å²) in [5.74, 6) is 6.49. The van der Waals surface area contributed by atoms with Crippen molar-refractivity contribution in [1.82, 2.24) is 9.97 Å². The van der Waals surface area contributed by atoms with Crippen LogP contribution in [0.5, 0.6) is 0 Å². The Morgan fingerprint density at radius 2 is 1.67 bits per heavy atom. The third-order valence-corrected chi connectivity index (χ3v) is 3.41. The van der Waals surface area contributed by atoms with E-state index in [9.17, 15) is 0 Å². The molecule has 0 atom stereocenters. The van der Waals surface area contributed by atoms with Gasteiger partial charge in [0.15, 0.2) is 0 Å². The van der Waals surface area contributed by atoms with Gasteiger partial charge in [0, 0.05) is 5.56 Å². The molecule has 0 fully saturated rings. The largest absolute Gasteiger partial charge is 0.228 e. The van der Waals surface area contributed by atoms with Gasteiger partial charge in [-0.1, -0.05) is 55.8 Å². The maximum atomic E-state index is 5.73. The molecule has 2 rings (SSSR count). The van der Waals surface area contributed by atoms with Crippen molar-refractivity contribution < 1.29 is 0 Å². The number of unbranched alkanes of at least 4 members (excludes halogenated alkanes) is 3. The van der Waals surface area contributed by atoms with Gasteiger partial charge in [-0.3, -0.25) is 0 Å². The van der Waals surface area contributed by atoms with E-state index < -0.39 is 0 Å². The van der Waals surface area contributed by atoms with Crippen LogP contribution in [-0.2, 0) is 6.42 Å². The van der Waals surface area contributed by atoms with Crippen molar-refractivity contribution in [3.8, 4) is 11.8 Å². The number of halogens is 1. The quantitative estimate of drug-likeness (QED) is 0.593. The third-order valence-electron chi connectivity index (χ3n) is 3.21. The van der Waals surface area contributed by atoms with E-state index in [-0.39, 0.29) is 0 Å². The van der Waals surface area contributed by atoms with E-state index in [1.165, 1.54) is 31.2 Å². The predicted octanol–water partition coefficient (Wildman–Crippen LogP) is 4.65. The SMILES string of the molecule is CCCCCCc1ccc(C#Cc2ncc(Cl)cn2)cc1. The summed E-state index contributed by atoms with van der Waals surface area (Å²) in [7, 11) is 0. The Balaban J connectivity index is 1.92. The van der Waals surface area contributed by atoms with Crippen molar-refractivity contribution in [2.75, 3.05) is 0 Å². The van der Waals surface area contributed by atoms with E-state index in [1.807, 2.05) is 0 Å². The van der Waals surface area contributed by atoms with E-state index in [4.69, 9.17) is 11.6 Å². The summed E-state index contributed by atoms with van der Waals surface area (Å²) in [6.07, 6.45) is 9.43. The number of rotatable bonds is 5. The summed E-state index contributed by atoms with van der Waals surface area (Å²) in [5.41, 5.74) is 2.35. The van der Waals surface area contributed by atoms with Crippen molar-refractivity contribution in [1.29, 1.82) is 0 Å². The van der Waals surface area contributed by atoms with Gasteiger partial charge in [-0.25, -0.2) is 9.97 Å². The first-order valence-electron chi connectivity index (χ1n) is 7.36. The van der Waals surface area contributed by atoms with Crippen LogP contribution >= 0.6 is 11.6 Å². The average Bonchev–Trinajstić information content (AvgIpc) is 2.52. The molecule has 1 heterocycles. The Hall–Kier alpha value is -1.85. The minimum atomic E-state index is 0.489. The van der Waals surface area contributed by atoms with Crippen LogP contribution in [0.3, 0.4) is 0 Å². The molecule has 0 unspecified atom stereocenters. The van der Waals surface area contributed by atoms with Crippen LogP contribution in [0.15, 0.2) is 36.7 Å². The molecule has 0 aliphatic rings. The van der Waals surface area contributed by atoms with Crippen molar-refractivity contribution in [2.45, 2.75) is 39.0 Å². The van der Waals surface area contributed by atoms with Crippen LogP contribution in [0.25, 0.3) is 0 Å². The lowest BCUT2D eigenvalue weighted by molar-refractivity contribution is 0.667. The first-order valence-corrected chi connectivity index (χ1v) is 7.74.